The summed E-state index contributed by atoms with van der Waals surface area (Å²) < 4.78 is 18.8. The van der Waals surface area contributed by atoms with Crippen LogP contribution in [0.3, 0.4) is 0 Å². The van der Waals surface area contributed by atoms with E-state index in [4.69, 9.17) is 14.2 Å². The van der Waals surface area contributed by atoms with Crippen molar-refractivity contribution >= 4 is 17.9 Å². The van der Waals surface area contributed by atoms with E-state index in [1.54, 1.807) is 4.57 Å². The molecule has 1 aromatic heterocycles. The second-order valence-electron chi connectivity index (χ2n) is 11.3. The summed E-state index contributed by atoms with van der Waals surface area (Å²) in [5.41, 5.74) is 2.09. The van der Waals surface area contributed by atoms with Crippen molar-refractivity contribution in [3.8, 4) is 0 Å². The Kier molecular flexibility index (Phi) is 9.63. The second kappa shape index (κ2) is 13.3. The monoisotopic (exact) mass is 567 g/mol. The summed E-state index contributed by atoms with van der Waals surface area (Å²) in [6.07, 6.45) is 0. The summed E-state index contributed by atoms with van der Waals surface area (Å²) in [5, 5.41) is 0. The molecule has 0 bridgehead atoms. The molecular weight excluding hydrogens is 530 g/mol. The molecular formula is C35H37NO6. The fourth-order valence-corrected chi connectivity index (χ4v) is 4.80. The Bertz CT molecular complexity index is 1520. The van der Waals surface area contributed by atoms with Crippen molar-refractivity contribution in [2.45, 2.75) is 65.9 Å². The van der Waals surface area contributed by atoms with Crippen molar-refractivity contribution < 1.29 is 28.6 Å². The highest BCUT2D eigenvalue weighted by molar-refractivity contribution is 6.07. The molecule has 42 heavy (non-hydrogen) atoms. The molecule has 4 aromatic rings. The molecule has 3 aromatic carbocycles. The minimum atomic E-state index is -0.802. The zero-order valence-electron chi connectivity index (χ0n) is 24.8. The molecule has 0 saturated carbocycles. The normalized spacial score (nSPS) is 11.3. The molecule has 0 radical (unpaired) electrons. The van der Waals surface area contributed by atoms with Crippen LogP contribution in [0, 0.1) is 0 Å². The molecule has 4 rings (SSSR count). The van der Waals surface area contributed by atoms with Gasteiger partial charge in [-0.2, -0.15) is 0 Å². The number of hydrogen-bond acceptors (Lipinski definition) is 6. The molecule has 0 atom stereocenters. The van der Waals surface area contributed by atoms with Gasteiger partial charge in [0.25, 0.3) is 0 Å². The van der Waals surface area contributed by atoms with E-state index in [2.05, 4.69) is 0 Å². The van der Waals surface area contributed by atoms with E-state index >= 15 is 0 Å². The van der Waals surface area contributed by atoms with Gasteiger partial charge in [0.05, 0.1) is 5.56 Å². The maximum absolute atomic E-state index is 13.9. The lowest BCUT2D eigenvalue weighted by atomic mass is 9.97. The molecule has 0 unspecified atom stereocenters. The Morgan fingerprint density at radius 1 is 0.595 bits per heavy atom. The number of carbonyl (C=O) groups is 3. The Hall–Kier alpha value is -4.65. The Morgan fingerprint density at radius 3 is 1.31 bits per heavy atom. The third kappa shape index (κ3) is 7.16. The van der Waals surface area contributed by atoms with Crippen LogP contribution in [-0.4, -0.2) is 22.5 Å². The van der Waals surface area contributed by atoms with E-state index in [0.717, 1.165) is 16.7 Å². The number of rotatable bonds is 10. The number of nitrogens with zero attached hydrogens (tertiary/aromatic N) is 1. The van der Waals surface area contributed by atoms with Crippen molar-refractivity contribution in [3.05, 3.63) is 130 Å². The molecule has 0 aliphatic rings. The second-order valence-corrected chi connectivity index (χ2v) is 11.3. The lowest BCUT2D eigenvalue weighted by molar-refractivity contribution is 0.0406. The number of carbonyl (C=O) groups excluding carboxylic acids is 3. The molecule has 0 saturated heterocycles. The average molecular weight is 568 g/mol. The molecule has 0 spiro atoms. The molecule has 7 nitrogen and oxygen atoms in total. The van der Waals surface area contributed by atoms with Gasteiger partial charge in [-0.05, 0) is 43.4 Å². The third-order valence-electron chi connectivity index (χ3n) is 6.69. The standard InChI is InChI=1S/C35H37NO6/c1-24(2)28-29(32(37)40-21-25-15-9-6-10-16-25)31(34(39)42-23-27-19-13-8-14-20-27)36(35(3,4)5)30(28)33(38)41-22-26-17-11-7-12-18-26/h6-20,24H,21-23H2,1-5H3. The van der Waals surface area contributed by atoms with Gasteiger partial charge in [-0.1, -0.05) is 105 Å². The predicted molar refractivity (Wildman–Crippen MR) is 160 cm³/mol. The van der Waals surface area contributed by atoms with Gasteiger partial charge in [0.2, 0.25) is 0 Å². The van der Waals surface area contributed by atoms with Crippen LogP contribution in [0.25, 0.3) is 0 Å². The van der Waals surface area contributed by atoms with E-state index in [1.165, 1.54) is 0 Å². The molecule has 0 fully saturated rings. The first-order valence-corrected chi connectivity index (χ1v) is 14.0. The van der Waals surface area contributed by atoms with Crippen molar-refractivity contribution in [1.82, 2.24) is 4.57 Å². The van der Waals surface area contributed by atoms with Crippen LogP contribution in [0.5, 0.6) is 0 Å². The molecule has 1 heterocycles. The molecule has 0 N–H and O–H groups in total. The first-order valence-electron chi connectivity index (χ1n) is 14.0. The van der Waals surface area contributed by atoms with Crippen LogP contribution < -0.4 is 0 Å². The van der Waals surface area contributed by atoms with Crippen LogP contribution in [0.4, 0.5) is 0 Å². The molecule has 218 valence electrons. The van der Waals surface area contributed by atoms with Crippen molar-refractivity contribution in [2.24, 2.45) is 0 Å². The summed E-state index contributed by atoms with van der Waals surface area (Å²) in [6.45, 7) is 9.34. The highest BCUT2D eigenvalue weighted by atomic mass is 16.5. The highest BCUT2D eigenvalue weighted by Crippen LogP contribution is 2.36. The van der Waals surface area contributed by atoms with Crippen molar-refractivity contribution in [3.63, 3.8) is 0 Å². The summed E-state index contributed by atoms with van der Waals surface area (Å²) in [6, 6.07) is 27.9. The molecule has 0 aliphatic heterocycles. The maximum Gasteiger partial charge on any atom is 0.356 e. The predicted octanol–water partition coefficient (Wildman–Crippen LogP) is 7.44. The summed E-state index contributed by atoms with van der Waals surface area (Å²) in [7, 11) is 0. The average Bonchev–Trinajstić information content (AvgIpc) is 3.37. The summed E-state index contributed by atoms with van der Waals surface area (Å²) >= 11 is 0. The lowest BCUT2D eigenvalue weighted by Crippen LogP contribution is -2.31. The lowest BCUT2D eigenvalue weighted by Gasteiger charge is -2.27. The first-order chi connectivity index (χ1) is 20.1. The van der Waals surface area contributed by atoms with Gasteiger partial charge >= 0.3 is 17.9 Å². The largest absolute Gasteiger partial charge is 0.457 e. The summed E-state index contributed by atoms with van der Waals surface area (Å²) in [5.74, 6) is -2.41. The number of ether oxygens (including phenoxy) is 3. The smallest absolute Gasteiger partial charge is 0.356 e. The fraction of sp³-hybridized carbons (Fsp3) is 0.286. The van der Waals surface area contributed by atoms with Crippen LogP contribution >= 0.6 is 0 Å². The fourth-order valence-electron chi connectivity index (χ4n) is 4.80. The Balaban J connectivity index is 1.82. The van der Waals surface area contributed by atoms with Gasteiger partial charge in [-0.3, -0.25) is 0 Å². The van der Waals surface area contributed by atoms with Crippen molar-refractivity contribution in [2.75, 3.05) is 0 Å². The van der Waals surface area contributed by atoms with Gasteiger partial charge in [-0.15, -0.1) is 0 Å². The van der Waals surface area contributed by atoms with Gasteiger partial charge in [0.15, 0.2) is 0 Å². The van der Waals surface area contributed by atoms with Crippen LogP contribution in [0.1, 0.15) is 94.1 Å². The number of hydrogen-bond donors (Lipinski definition) is 0. The molecule has 0 aliphatic carbocycles. The van der Waals surface area contributed by atoms with Gasteiger partial charge < -0.3 is 18.8 Å². The summed E-state index contributed by atoms with van der Waals surface area (Å²) in [4.78, 5) is 41.5. The van der Waals surface area contributed by atoms with Crippen LogP contribution in [0.15, 0.2) is 91.0 Å². The highest BCUT2D eigenvalue weighted by Gasteiger charge is 2.40. The van der Waals surface area contributed by atoms with Gasteiger partial charge in [0, 0.05) is 11.1 Å². The van der Waals surface area contributed by atoms with Gasteiger partial charge in [0.1, 0.15) is 31.2 Å². The van der Waals surface area contributed by atoms with Crippen molar-refractivity contribution in [1.29, 1.82) is 0 Å². The Labute approximate surface area is 247 Å². The topological polar surface area (TPSA) is 83.8 Å². The third-order valence-corrected chi connectivity index (χ3v) is 6.69. The maximum atomic E-state index is 13.9. The van der Waals surface area contributed by atoms with E-state index in [0.29, 0.717) is 5.56 Å². The zero-order valence-corrected chi connectivity index (χ0v) is 24.8. The molecule has 0 amide bonds. The van der Waals surface area contributed by atoms with E-state index in [-0.39, 0.29) is 42.7 Å². The van der Waals surface area contributed by atoms with E-state index in [9.17, 15) is 14.4 Å². The van der Waals surface area contributed by atoms with Crippen LogP contribution in [-0.2, 0) is 39.6 Å². The number of aromatic nitrogens is 1. The number of benzene rings is 3. The first kappa shape index (κ1) is 30.3. The van der Waals surface area contributed by atoms with E-state index < -0.39 is 23.4 Å². The SMILES string of the molecule is CC(C)c1c(C(=O)OCc2ccccc2)c(C(=O)OCc2ccccc2)n(C(C)(C)C)c1C(=O)OCc1ccccc1. The van der Waals surface area contributed by atoms with E-state index in [1.807, 2.05) is 126 Å². The van der Waals surface area contributed by atoms with Gasteiger partial charge in [-0.25, -0.2) is 14.4 Å². The minimum absolute atomic E-state index is 0.00169. The molecule has 7 heteroatoms. The number of esters is 3. The quantitative estimate of drug-likeness (QED) is 0.146. The Morgan fingerprint density at radius 2 is 0.952 bits per heavy atom. The zero-order chi connectivity index (χ0) is 30.3. The minimum Gasteiger partial charge on any atom is -0.457 e. The van der Waals surface area contributed by atoms with Crippen LogP contribution in [0.2, 0.25) is 0 Å².